The zero-order valence-corrected chi connectivity index (χ0v) is 16.3. The van der Waals surface area contributed by atoms with Gasteiger partial charge < -0.3 is 14.8 Å². The lowest BCUT2D eigenvalue weighted by Gasteiger charge is -2.37. The summed E-state index contributed by atoms with van der Waals surface area (Å²) in [5.74, 6) is -1.97. The van der Waals surface area contributed by atoms with Crippen molar-refractivity contribution in [2.75, 3.05) is 25.1 Å². The van der Waals surface area contributed by atoms with E-state index in [-0.39, 0.29) is 21.7 Å². The van der Waals surface area contributed by atoms with Gasteiger partial charge in [0.05, 0.1) is 31.6 Å². The number of anilines is 1. The third-order valence-electron chi connectivity index (χ3n) is 4.15. The summed E-state index contributed by atoms with van der Waals surface area (Å²) in [6, 6.07) is 3.57. The van der Waals surface area contributed by atoms with Crippen molar-refractivity contribution in [1.29, 1.82) is 0 Å². The van der Waals surface area contributed by atoms with E-state index in [1.54, 1.807) is 0 Å². The Balaban J connectivity index is 1.47. The molecule has 146 valence electrons. The smallest absolute Gasteiger partial charge is 0.275 e. The second-order valence-electron chi connectivity index (χ2n) is 6.71. The minimum Gasteiger partial charge on any atom is -0.481 e. The molecule has 3 aromatic rings. The van der Waals surface area contributed by atoms with Gasteiger partial charge in [-0.2, -0.15) is 4.37 Å². The molecule has 0 spiro atoms. The molecule has 3 heterocycles. The van der Waals surface area contributed by atoms with E-state index in [0.717, 1.165) is 35.0 Å². The van der Waals surface area contributed by atoms with Crippen LogP contribution in [0, 0.1) is 17.0 Å². The monoisotopic (exact) mass is 423 g/mol. The molecule has 0 aliphatic carbocycles. The molecule has 1 aliphatic heterocycles. The number of hydrogen-bond acceptors (Lipinski definition) is 7. The van der Waals surface area contributed by atoms with Gasteiger partial charge in [0.1, 0.15) is 28.0 Å². The molecule has 0 atom stereocenters. The van der Waals surface area contributed by atoms with Gasteiger partial charge in [0, 0.05) is 22.3 Å². The van der Waals surface area contributed by atoms with E-state index in [4.69, 9.17) is 9.47 Å². The van der Waals surface area contributed by atoms with Crippen molar-refractivity contribution >= 4 is 34.5 Å². The Morgan fingerprint density at radius 2 is 2.11 bits per heavy atom. The van der Waals surface area contributed by atoms with Crippen LogP contribution in [0.5, 0.6) is 5.06 Å². The molecule has 1 aromatic carbocycles. The van der Waals surface area contributed by atoms with Crippen molar-refractivity contribution in [2.45, 2.75) is 6.92 Å². The van der Waals surface area contributed by atoms with Crippen LogP contribution in [0.4, 0.5) is 14.5 Å². The van der Waals surface area contributed by atoms with Crippen LogP contribution >= 0.6 is 22.9 Å². The Kier molecular flexibility index (Phi) is 5.09. The molecule has 0 unspecified atom stereocenters. The molecule has 4 rings (SSSR count). The number of nitrogens with one attached hydrogen (secondary N) is 1. The largest absolute Gasteiger partial charge is 0.481 e. The van der Waals surface area contributed by atoms with Crippen LogP contribution < -0.4 is 10.1 Å². The van der Waals surface area contributed by atoms with E-state index in [2.05, 4.69) is 21.6 Å². The normalized spacial score (nSPS) is 15.1. The lowest BCUT2D eigenvalue weighted by molar-refractivity contribution is -0.119. The highest BCUT2D eigenvalue weighted by Gasteiger charge is 2.34. The van der Waals surface area contributed by atoms with Crippen LogP contribution in [-0.2, 0) is 4.74 Å². The summed E-state index contributed by atoms with van der Waals surface area (Å²) in [6.45, 7) is 3.75. The molecule has 1 aliphatic rings. The van der Waals surface area contributed by atoms with E-state index < -0.39 is 17.5 Å². The highest BCUT2D eigenvalue weighted by atomic mass is 32.1. The molecule has 1 fully saturated rings. The van der Waals surface area contributed by atoms with Crippen molar-refractivity contribution in [3.63, 3.8) is 0 Å². The third kappa shape index (κ3) is 3.75. The van der Waals surface area contributed by atoms with Gasteiger partial charge in [0.2, 0.25) is 5.06 Å². The van der Waals surface area contributed by atoms with E-state index in [1.807, 2.05) is 0 Å². The lowest BCUT2D eigenvalue weighted by atomic mass is 9.90. The first kappa shape index (κ1) is 18.9. The van der Waals surface area contributed by atoms with Crippen LogP contribution in [0.25, 0.3) is 10.6 Å². The fraction of sp³-hybridized carbons (Fsp3) is 0.278. The van der Waals surface area contributed by atoms with Crippen LogP contribution in [0.3, 0.4) is 0 Å². The summed E-state index contributed by atoms with van der Waals surface area (Å²) in [7, 11) is 0. The van der Waals surface area contributed by atoms with Crippen LogP contribution in [0.1, 0.15) is 17.4 Å². The van der Waals surface area contributed by atoms with E-state index in [1.165, 1.54) is 17.6 Å². The first-order valence-corrected chi connectivity index (χ1v) is 9.97. The van der Waals surface area contributed by atoms with Crippen molar-refractivity contribution < 1.29 is 23.0 Å². The van der Waals surface area contributed by atoms with E-state index in [0.29, 0.717) is 30.6 Å². The van der Waals surface area contributed by atoms with Gasteiger partial charge in [-0.3, -0.25) is 4.79 Å². The highest BCUT2D eigenvalue weighted by molar-refractivity contribution is 7.13. The number of ether oxygens (including phenoxy) is 2. The Morgan fingerprint density at radius 3 is 2.79 bits per heavy atom. The number of aromatic nitrogens is 2. The lowest BCUT2D eigenvalue weighted by Crippen LogP contribution is -2.44. The number of halogens is 2. The maximum absolute atomic E-state index is 13.9. The van der Waals surface area contributed by atoms with Gasteiger partial charge in [0.25, 0.3) is 5.91 Å². The Bertz CT molecular complexity index is 997. The molecule has 0 saturated carbocycles. The summed E-state index contributed by atoms with van der Waals surface area (Å²) >= 11 is 2.11. The molecule has 0 bridgehead atoms. The predicted octanol–water partition coefficient (Wildman–Crippen LogP) is 4.21. The van der Waals surface area contributed by atoms with Gasteiger partial charge in [-0.15, -0.1) is 11.3 Å². The van der Waals surface area contributed by atoms with Crippen molar-refractivity contribution in [3.05, 3.63) is 47.1 Å². The Hall–Kier alpha value is -2.43. The molecule has 10 heteroatoms. The van der Waals surface area contributed by atoms with Crippen molar-refractivity contribution in [2.24, 2.45) is 5.41 Å². The number of nitrogens with zero attached hydrogens (tertiary/aromatic N) is 2. The molecule has 2 aromatic heterocycles. The molecule has 28 heavy (non-hydrogen) atoms. The van der Waals surface area contributed by atoms with Crippen LogP contribution in [0.15, 0.2) is 29.8 Å². The SMILES string of the molecule is CC1(COc2sncc2NC(=O)c2csc(-c3c(F)cccc3F)n2)COC1. The zero-order valence-electron chi connectivity index (χ0n) is 14.7. The molecule has 1 N–H and O–H groups in total. The van der Waals surface area contributed by atoms with Crippen molar-refractivity contribution in [1.82, 2.24) is 9.36 Å². The second-order valence-corrected chi connectivity index (χ2v) is 8.33. The summed E-state index contributed by atoms with van der Waals surface area (Å²) in [4.78, 5) is 16.6. The third-order valence-corrected chi connectivity index (χ3v) is 5.73. The number of amides is 1. The molecular weight excluding hydrogens is 408 g/mol. The number of carbonyl (C=O) groups excluding carboxylic acids is 1. The van der Waals surface area contributed by atoms with Crippen LogP contribution in [0.2, 0.25) is 0 Å². The molecule has 1 amide bonds. The van der Waals surface area contributed by atoms with Crippen molar-refractivity contribution in [3.8, 4) is 15.6 Å². The fourth-order valence-corrected chi connectivity index (χ4v) is 3.99. The van der Waals surface area contributed by atoms with Gasteiger partial charge >= 0.3 is 0 Å². The van der Waals surface area contributed by atoms with Gasteiger partial charge in [-0.05, 0) is 12.1 Å². The summed E-state index contributed by atoms with van der Waals surface area (Å²) in [6.07, 6.45) is 1.49. The summed E-state index contributed by atoms with van der Waals surface area (Å²) in [5, 5.41) is 4.71. The number of rotatable bonds is 6. The standard InChI is InChI=1S/C18H15F2N3O3S2/c1-18(7-25-8-18)9-26-17-12(5-21-28-17)22-15(24)13-6-27-16(23-13)14-10(19)3-2-4-11(14)20/h2-6H,7-9H2,1H3,(H,22,24). The first-order valence-electron chi connectivity index (χ1n) is 8.32. The van der Waals surface area contributed by atoms with E-state index in [9.17, 15) is 13.6 Å². The number of carbonyl (C=O) groups is 1. The van der Waals surface area contributed by atoms with Crippen LogP contribution in [-0.4, -0.2) is 35.1 Å². The average Bonchev–Trinajstić information content (AvgIpc) is 3.28. The Morgan fingerprint density at radius 1 is 1.36 bits per heavy atom. The maximum atomic E-state index is 13.9. The second kappa shape index (κ2) is 7.53. The number of thiazole rings is 1. The first-order chi connectivity index (χ1) is 13.5. The highest BCUT2D eigenvalue weighted by Crippen LogP contribution is 2.34. The van der Waals surface area contributed by atoms with Gasteiger partial charge in [-0.25, -0.2) is 13.8 Å². The van der Waals surface area contributed by atoms with Gasteiger partial charge in [-0.1, -0.05) is 13.0 Å². The zero-order chi connectivity index (χ0) is 19.7. The maximum Gasteiger partial charge on any atom is 0.275 e. The molecule has 6 nitrogen and oxygen atoms in total. The topological polar surface area (TPSA) is 73.3 Å². The number of hydrogen-bond donors (Lipinski definition) is 1. The summed E-state index contributed by atoms with van der Waals surface area (Å²) in [5.41, 5.74) is 0.187. The molecule has 0 radical (unpaired) electrons. The molecule has 1 saturated heterocycles. The fourth-order valence-electron chi connectivity index (χ4n) is 2.57. The minimum absolute atomic E-state index is 0.0427. The summed E-state index contributed by atoms with van der Waals surface area (Å²) < 4.78 is 42.8. The predicted molar refractivity (Wildman–Crippen MR) is 102 cm³/mol. The van der Waals surface area contributed by atoms with E-state index >= 15 is 0 Å². The number of benzene rings is 1. The molecular formula is C18H15F2N3O3S2. The quantitative estimate of drug-likeness (QED) is 0.643. The Labute approximate surface area is 167 Å². The minimum atomic E-state index is -0.729. The average molecular weight is 423 g/mol. The van der Waals surface area contributed by atoms with Gasteiger partial charge in [0.15, 0.2) is 0 Å².